The number of unbranched alkanes of at least 4 members (excludes halogenated alkanes) is 2. The molecule has 25 heteroatoms. The Morgan fingerprint density at radius 1 is 0.682 bits per heavy atom. The van der Waals surface area contributed by atoms with E-state index < -0.39 is 176 Å². The number of nitrogens with one attached hydrogen (secondary N) is 5. The summed E-state index contributed by atoms with van der Waals surface area (Å²) in [7, 11) is 2.72. The van der Waals surface area contributed by atoms with Crippen molar-refractivity contribution in [1.29, 1.82) is 0 Å². The van der Waals surface area contributed by atoms with E-state index in [0.717, 1.165) is 77.5 Å². The van der Waals surface area contributed by atoms with Gasteiger partial charge in [0.1, 0.15) is 72.6 Å². The molecule has 3 saturated heterocycles. The monoisotopic (exact) mass is 1230 g/mol. The molecule has 3 aliphatic rings. The molecule has 13 N–H and O–H groups in total. The van der Waals surface area contributed by atoms with Crippen LogP contribution in [0.25, 0.3) is 22.3 Å². The third kappa shape index (κ3) is 17.2. The van der Waals surface area contributed by atoms with E-state index in [1.165, 1.54) is 45.3 Å². The Labute approximate surface area is 515 Å². The number of likely N-dealkylation sites (N-methyl/N-ethyl adjacent to an activating group) is 1. The average molecular weight is 1230 g/mol. The smallest absolute Gasteiger partial charge is 0.251 e. The lowest BCUT2D eigenvalue weighted by atomic mass is 9.96. The van der Waals surface area contributed by atoms with Crippen LogP contribution < -0.4 is 31.3 Å². The first kappa shape index (κ1) is 63.4. The third-order valence-corrected chi connectivity index (χ3v) is 16.0. The number of nitrogens with zero attached hydrogens (tertiary/aromatic N) is 3. The second-order valence-corrected chi connectivity index (χ2v) is 23.5. The lowest BCUT2D eigenvalue weighted by molar-refractivity contribution is -0.870. The first-order chi connectivity index (χ1) is 42.9. The van der Waals surface area contributed by atoms with Crippen molar-refractivity contribution < 1.29 is 92.5 Å². The van der Waals surface area contributed by atoms with Gasteiger partial charge in [-0.2, -0.15) is 0 Å². The van der Waals surface area contributed by atoms with Crippen molar-refractivity contribution >= 4 is 41.4 Å². The fourth-order valence-electron chi connectivity index (χ4n) is 10.8. The number of carbonyl (C=O) groups excluding carboxylic acids is 7. The number of quaternary nitrogens is 1. The van der Waals surface area contributed by atoms with Gasteiger partial charge in [-0.1, -0.05) is 87.4 Å². The Bertz CT molecular complexity index is 3160. The minimum absolute atomic E-state index is 0.00701. The minimum atomic E-state index is -2.60. The lowest BCUT2D eigenvalue weighted by Gasteiger charge is -2.34. The molecule has 4 aromatic rings. The predicted octanol–water partition coefficient (Wildman–Crippen LogP) is -0.197. The average Bonchev–Trinajstić information content (AvgIpc) is 1.75. The minimum Gasteiger partial charge on any atom is -0.508 e. The normalized spacial score (nSPS) is 27.3. The first-order valence-electron chi connectivity index (χ1n) is 31.0. The Morgan fingerprint density at radius 3 is 1.80 bits per heavy atom. The van der Waals surface area contributed by atoms with Crippen LogP contribution in [0.4, 0.5) is 0 Å². The topological polar surface area (TPSA) is 366 Å². The van der Waals surface area contributed by atoms with Crippen molar-refractivity contribution in [3.05, 3.63) is 108 Å². The van der Waals surface area contributed by atoms with Crippen LogP contribution in [-0.2, 0) is 33.5 Å². The Hall–Kier alpha value is -7.59. The van der Waals surface area contributed by atoms with Crippen molar-refractivity contribution in [2.24, 2.45) is 5.92 Å². The van der Waals surface area contributed by atoms with Gasteiger partial charge in [0.2, 0.25) is 35.4 Å². The van der Waals surface area contributed by atoms with Crippen LogP contribution in [0, 0.1) is 5.92 Å². The van der Waals surface area contributed by atoms with Crippen LogP contribution >= 0.6 is 0 Å². The summed E-state index contributed by atoms with van der Waals surface area (Å²) in [6.45, 7) is 2.00. The summed E-state index contributed by atoms with van der Waals surface area (Å²) in [5.41, 5.74) is 3.29. The molecule has 3 heterocycles. The highest BCUT2D eigenvalue weighted by Crippen LogP contribution is 2.30. The molecular formula is C63H85N8O17+. The number of rotatable bonds is 18. The van der Waals surface area contributed by atoms with Crippen LogP contribution in [-0.4, -0.2) is 230 Å². The second kappa shape index (κ2) is 30.1. The number of hydrogen-bond acceptors (Lipinski definition) is 17. The molecule has 3 aliphatic heterocycles. The summed E-state index contributed by atoms with van der Waals surface area (Å²) >= 11 is 0. The molecule has 478 valence electrons. The van der Waals surface area contributed by atoms with Gasteiger partial charge in [-0.15, -0.1) is 0 Å². The molecule has 4 aromatic carbocycles. The summed E-state index contributed by atoms with van der Waals surface area (Å²) in [4.78, 5) is 104. The quantitative estimate of drug-likeness (QED) is 0.0453. The van der Waals surface area contributed by atoms with E-state index in [-0.39, 0.29) is 23.4 Å². The van der Waals surface area contributed by atoms with Crippen molar-refractivity contribution in [1.82, 2.24) is 36.4 Å². The summed E-state index contributed by atoms with van der Waals surface area (Å²) in [6, 6.07) is 14.5. The number of hydrogen-bond donors (Lipinski definition) is 13. The third-order valence-electron chi connectivity index (χ3n) is 16.0. The SMILES string of the molecule is [2H]C([2H])([2H])[N+](C)(C)CCO[C@H]1NC(=O)[C@@H]2[C@@H](O)[C@@H](C)CN2C(=O)[C@H]([C@@H](C)O)NC(=O)[C@H]([C@H](O)[C@@H](O)c2ccc(O)cc2)NC(=O)[C@@H]2C[C@@H](O)CN2C(=O)[C@H]([C@@H](C)O)NC(=O)[C@@H](NC(=O)c2ccc(-c3ccc(-c4ccc(OCCCCC)cc4)cc3)cc2)C[C@H]1O. The molecule has 0 spiro atoms. The Morgan fingerprint density at radius 2 is 1.23 bits per heavy atom. The molecule has 25 nitrogen and oxygen atoms in total. The number of aliphatic hydroxyl groups is 7. The van der Waals surface area contributed by atoms with E-state index in [1.54, 1.807) is 12.1 Å². The van der Waals surface area contributed by atoms with Gasteiger partial charge in [0.25, 0.3) is 5.91 Å². The molecule has 0 aliphatic carbocycles. The van der Waals surface area contributed by atoms with E-state index in [0.29, 0.717) is 12.2 Å². The van der Waals surface area contributed by atoms with Crippen molar-refractivity contribution in [2.45, 2.75) is 145 Å². The number of aromatic hydroxyl groups is 1. The largest absolute Gasteiger partial charge is 0.508 e. The molecule has 7 amide bonds. The van der Waals surface area contributed by atoms with Crippen molar-refractivity contribution in [3.63, 3.8) is 0 Å². The number of phenols is 1. The molecule has 0 saturated carbocycles. The van der Waals surface area contributed by atoms with Gasteiger partial charge in [0, 0.05) is 37.4 Å². The zero-order valence-electron chi connectivity index (χ0n) is 53.1. The molecule has 15 atom stereocenters. The van der Waals surface area contributed by atoms with Gasteiger partial charge in [0.05, 0.1) is 62.8 Å². The number of phenolic OH excluding ortho intramolecular Hbond substituents is 1. The van der Waals surface area contributed by atoms with Gasteiger partial charge < -0.3 is 91.2 Å². The van der Waals surface area contributed by atoms with Gasteiger partial charge in [0.15, 0.2) is 6.23 Å². The van der Waals surface area contributed by atoms with Gasteiger partial charge in [-0.05, 0) is 84.5 Å². The van der Waals surface area contributed by atoms with Gasteiger partial charge >= 0.3 is 0 Å². The van der Waals surface area contributed by atoms with Crippen LogP contribution in [0.2, 0.25) is 0 Å². The zero-order chi connectivity index (χ0) is 66.8. The van der Waals surface area contributed by atoms with Crippen LogP contribution in [0.15, 0.2) is 97.1 Å². The fourth-order valence-corrected chi connectivity index (χ4v) is 10.8. The number of aliphatic hydroxyl groups excluding tert-OH is 7. The molecule has 3 fully saturated rings. The number of ether oxygens (including phenoxy) is 2. The predicted molar refractivity (Wildman–Crippen MR) is 320 cm³/mol. The molecule has 0 unspecified atom stereocenters. The lowest BCUT2D eigenvalue weighted by Crippen LogP contribution is -2.64. The maximum Gasteiger partial charge on any atom is 0.251 e. The molecular weight excluding hydrogens is 1140 g/mol. The molecule has 7 rings (SSSR count). The Kier molecular flexibility index (Phi) is 21.7. The van der Waals surface area contributed by atoms with Gasteiger partial charge in [-0.25, -0.2) is 0 Å². The van der Waals surface area contributed by atoms with Crippen molar-refractivity contribution in [3.8, 4) is 33.8 Å². The second-order valence-electron chi connectivity index (χ2n) is 23.5. The van der Waals surface area contributed by atoms with E-state index >= 15 is 0 Å². The molecule has 0 aromatic heterocycles. The molecule has 0 bridgehead atoms. The fraction of sp³-hybridized carbons (Fsp3) is 0.508. The highest BCUT2D eigenvalue weighted by molar-refractivity contribution is 6.00. The maximum atomic E-state index is 14.8. The number of fused-ring (bicyclic) bond motifs is 2. The van der Waals surface area contributed by atoms with Crippen molar-refractivity contribution in [2.75, 3.05) is 53.9 Å². The summed E-state index contributed by atoms with van der Waals surface area (Å²) in [5, 5.41) is 102. The maximum absolute atomic E-state index is 14.8. The van der Waals surface area contributed by atoms with Gasteiger partial charge in [-0.3, -0.25) is 33.6 Å². The number of benzene rings is 4. The summed E-state index contributed by atoms with van der Waals surface area (Å²) in [6.07, 6.45) is -13.5. The highest BCUT2D eigenvalue weighted by Gasteiger charge is 2.50. The van der Waals surface area contributed by atoms with E-state index in [1.807, 2.05) is 48.5 Å². The van der Waals surface area contributed by atoms with E-state index in [9.17, 15) is 74.4 Å². The number of amides is 7. The van der Waals surface area contributed by atoms with E-state index in [2.05, 4.69) is 33.5 Å². The first-order valence-corrected chi connectivity index (χ1v) is 29.5. The molecule has 0 radical (unpaired) electrons. The van der Waals surface area contributed by atoms with Crippen LogP contribution in [0.3, 0.4) is 0 Å². The molecule has 88 heavy (non-hydrogen) atoms. The Balaban J connectivity index is 1.25. The highest BCUT2D eigenvalue weighted by atomic mass is 16.5. The summed E-state index contributed by atoms with van der Waals surface area (Å²) < 4.78 is 35.4. The van der Waals surface area contributed by atoms with E-state index in [4.69, 9.17) is 13.6 Å². The summed E-state index contributed by atoms with van der Waals surface area (Å²) in [5.74, 6) is -8.78. The van der Waals surface area contributed by atoms with Crippen LogP contribution in [0.5, 0.6) is 11.5 Å². The van der Waals surface area contributed by atoms with Crippen LogP contribution in [0.1, 0.15) is 85.9 Å². The standard InChI is InChI=1S/C63H84N8O17/c1-8-9-10-28-87-45-25-21-40(22-26-45)38-13-11-37(12-14-38)39-15-17-42(18-16-39)56(80)64-46-31-48(76)61(88-29-27-71(5,6)7)68-60(84)52-53(77)34(2)32-70(52)63(86)50(36(4)73)66-59(83)51(55(79)54(78)41-19-23-43(74)24-20-41)67-58(82)47-30-44(75)33-69(47)62(85)49(35(3)72)65-57(46)81/h11-26,34-36,44,46-55,61,72-73,75-79H,8-10,27-33H2,1-7H3,(H5-,64,65,66,67,68,74,80,81,82,83,84)/p+1/t34-,35+,36+,44+,46-,47-,48+,49-,50-,51-,52-,53-,54-,55-,61+/m0/s1/i5D3. The number of carbonyl (C=O) groups is 7. The zero-order valence-corrected chi connectivity index (χ0v) is 50.1.